The molecule has 0 saturated heterocycles. The normalized spacial score (nSPS) is 42.5. The summed E-state index contributed by atoms with van der Waals surface area (Å²) < 4.78 is 0. The fraction of sp³-hybridized carbons (Fsp3) is 0.800. The molecule has 0 aromatic heterocycles. The van der Waals surface area contributed by atoms with E-state index in [9.17, 15) is 34.5 Å². The van der Waals surface area contributed by atoms with Crippen molar-refractivity contribution in [1.29, 1.82) is 0 Å². The highest BCUT2D eigenvalue weighted by Crippen LogP contribution is 2.70. The lowest BCUT2D eigenvalue weighted by molar-refractivity contribution is -0.144. The average molecular weight is 517 g/mol. The lowest BCUT2D eigenvalue weighted by Crippen LogP contribution is -2.60. The average Bonchev–Trinajstić information content (AvgIpc) is 2.99. The monoisotopic (exact) mass is 516 g/mol. The number of carbonyl (C=O) groups is 4. The molecule has 0 amide bonds. The molecule has 2 saturated carbocycles. The molecule has 0 heterocycles. The van der Waals surface area contributed by atoms with E-state index in [1.807, 2.05) is 34.6 Å². The highest BCUT2D eigenvalue weighted by molar-refractivity contribution is 6.05. The van der Waals surface area contributed by atoms with Gasteiger partial charge in [-0.3, -0.25) is 19.2 Å². The van der Waals surface area contributed by atoms with Gasteiger partial charge < -0.3 is 15.3 Å². The molecule has 4 aliphatic rings. The molecule has 0 radical (unpaired) electrons. The number of Topliss-reactive ketones (excluding diaryl/α,β-unsaturated/α-hetero) is 3. The second-order valence-electron chi connectivity index (χ2n) is 13.9. The summed E-state index contributed by atoms with van der Waals surface area (Å²) in [7, 11) is 0. The number of aliphatic hydroxyl groups is 2. The van der Waals surface area contributed by atoms with Crippen molar-refractivity contribution in [1.82, 2.24) is 0 Å². The van der Waals surface area contributed by atoms with Gasteiger partial charge in [0.1, 0.15) is 11.6 Å². The maximum atomic E-state index is 14.1. The molecule has 0 aromatic rings. The van der Waals surface area contributed by atoms with E-state index in [1.54, 1.807) is 0 Å². The molecule has 1 unspecified atom stereocenters. The molecule has 9 atom stereocenters. The standard InChI is InChI=1S/C30H44O7/c1-15(10-17(31)11-16(2)26(36)37)18-12-23(35)30(7)25-19(32)13-21-27(3,4)22(34)8-9-28(21,5)24(25)20(33)14-29(18,30)6/h15-16,18-19,21-22,32,34H,8-14H2,1-7H3,(H,36,37)/t15-,16-,18-,19+,21?,22+,28+,29-,30+/m1/s1. The van der Waals surface area contributed by atoms with E-state index < -0.39 is 45.8 Å². The number of hydrogen-bond acceptors (Lipinski definition) is 6. The first-order valence-electron chi connectivity index (χ1n) is 13.8. The van der Waals surface area contributed by atoms with Crippen molar-refractivity contribution in [3.63, 3.8) is 0 Å². The van der Waals surface area contributed by atoms with E-state index in [0.717, 1.165) is 0 Å². The minimum atomic E-state index is -1.01. The van der Waals surface area contributed by atoms with Crippen LogP contribution < -0.4 is 0 Å². The zero-order valence-corrected chi connectivity index (χ0v) is 23.4. The molecule has 2 fully saturated rings. The third-order valence-corrected chi connectivity index (χ3v) is 11.6. The van der Waals surface area contributed by atoms with Crippen LogP contribution in [0.3, 0.4) is 0 Å². The Bertz CT molecular complexity index is 1070. The molecular weight excluding hydrogens is 472 g/mol. The van der Waals surface area contributed by atoms with Gasteiger partial charge in [0.25, 0.3) is 0 Å². The van der Waals surface area contributed by atoms with Gasteiger partial charge in [-0.25, -0.2) is 0 Å². The van der Waals surface area contributed by atoms with Crippen LogP contribution in [-0.2, 0) is 19.2 Å². The van der Waals surface area contributed by atoms with Gasteiger partial charge in [0.05, 0.1) is 23.5 Å². The molecule has 0 aliphatic heterocycles. The lowest BCUT2D eigenvalue weighted by atomic mass is 9.42. The highest BCUT2D eigenvalue weighted by atomic mass is 16.4. The molecule has 0 aromatic carbocycles. The van der Waals surface area contributed by atoms with Gasteiger partial charge in [-0.05, 0) is 65.8 Å². The lowest BCUT2D eigenvalue weighted by Gasteiger charge is -2.61. The molecule has 37 heavy (non-hydrogen) atoms. The Morgan fingerprint density at radius 2 is 1.65 bits per heavy atom. The smallest absolute Gasteiger partial charge is 0.306 e. The summed E-state index contributed by atoms with van der Waals surface area (Å²) in [6.07, 6.45) is 0.671. The second kappa shape index (κ2) is 8.84. The Kier molecular flexibility index (Phi) is 6.72. The summed E-state index contributed by atoms with van der Waals surface area (Å²) in [4.78, 5) is 51.9. The van der Waals surface area contributed by atoms with Gasteiger partial charge in [-0.2, -0.15) is 0 Å². The van der Waals surface area contributed by atoms with Gasteiger partial charge in [0, 0.05) is 31.3 Å². The Labute approximate surface area is 220 Å². The zero-order chi connectivity index (χ0) is 27.9. The number of carbonyl (C=O) groups excluding carboxylic acids is 3. The van der Waals surface area contributed by atoms with Crippen molar-refractivity contribution in [2.24, 2.45) is 45.3 Å². The van der Waals surface area contributed by atoms with Crippen molar-refractivity contribution < 1.29 is 34.5 Å². The van der Waals surface area contributed by atoms with Gasteiger partial charge in [0.2, 0.25) is 0 Å². The summed E-state index contributed by atoms with van der Waals surface area (Å²) in [6, 6.07) is 0. The van der Waals surface area contributed by atoms with E-state index in [-0.39, 0.29) is 60.8 Å². The summed E-state index contributed by atoms with van der Waals surface area (Å²) in [5.74, 6) is -2.45. The summed E-state index contributed by atoms with van der Waals surface area (Å²) in [5.41, 5.74) is -1.55. The Hall–Kier alpha value is -1.86. The number of aliphatic carboxylic acids is 1. The molecule has 206 valence electrons. The van der Waals surface area contributed by atoms with Crippen molar-refractivity contribution in [3.8, 4) is 0 Å². The topological polar surface area (TPSA) is 129 Å². The molecule has 3 N–H and O–H groups in total. The van der Waals surface area contributed by atoms with E-state index in [0.29, 0.717) is 30.4 Å². The summed E-state index contributed by atoms with van der Waals surface area (Å²) >= 11 is 0. The van der Waals surface area contributed by atoms with Crippen molar-refractivity contribution in [2.75, 3.05) is 0 Å². The maximum Gasteiger partial charge on any atom is 0.306 e. The first-order chi connectivity index (χ1) is 16.9. The van der Waals surface area contributed by atoms with Crippen LogP contribution in [0.1, 0.15) is 93.4 Å². The Morgan fingerprint density at radius 1 is 1.03 bits per heavy atom. The first-order valence-corrected chi connectivity index (χ1v) is 13.8. The Balaban J connectivity index is 1.74. The number of allylic oxidation sites excluding steroid dienone is 1. The fourth-order valence-corrected chi connectivity index (χ4v) is 9.12. The summed E-state index contributed by atoms with van der Waals surface area (Å²) in [5, 5.41) is 31.6. The predicted molar refractivity (Wildman–Crippen MR) is 137 cm³/mol. The zero-order valence-electron chi connectivity index (χ0n) is 23.4. The van der Waals surface area contributed by atoms with Gasteiger partial charge in [-0.1, -0.05) is 41.5 Å². The maximum absolute atomic E-state index is 14.1. The first kappa shape index (κ1) is 28.2. The van der Waals surface area contributed by atoms with E-state index >= 15 is 0 Å². The molecule has 0 bridgehead atoms. The van der Waals surface area contributed by atoms with Crippen molar-refractivity contribution >= 4 is 23.3 Å². The number of fused-ring (bicyclic) bond motifs is 4. The minimum absolute atomic E-state index is 0.00871. The van der Waals surface area contributed by atoms with Crippen molar-refractivity contribution in [2.45, 2.75) is 106 Å². The third-order valence-electron chi connectivity index (χ3n) is 11.6. The summed E-state index contributed by atoms with van der Waals surface area (Å²) in [6.45, 7) is 13.4. The predicted octanol–water partition coefficient (Wildman–Crippen LogP) is 4.13. The molecule has 7 nitrogen and oxygen atoms in total. The highest BCUT2D eigenvalue weighted by Gasteiger charge is 2.70. The Morgan fingerprint density at radius 3 is 2.24 bits per heavy atom. The number of hydrogen-bond donors (Lipinski definition) is 3. The van der Waals surface area contributed by atoms with Crippen LogP contribution in [0.5, 0.6) is 0 Å². The van der Waals surface area contributed by atoms with Crippen LogP contribution in [-0.4, -0.2) is 50.8 Å². The van der Waals surface area contributed by atoms with Crippen LogP contribution in [0.25, 0.3) is 0 Å². The molecule has 0 spiro atoms. The third kappa shape index (κ3) is 3.82. The van der Waals surface area contributed by atoms with E-state index in [1.165, 1.54) is 6.92 Å². The van der Waals surface area contributed by atoms with Crippen LogP contribution in [0.4, 0.5) is 0 Å². The number of carboxylic acid groups (broad SMARTS) is 1. The molecule has 4 rings (SSSR count). The van der Waals surface area contributed by atoms with Gasteiger partial charge >= 0.3 is 5.97 Å². The largest absolute Gasteiger partial charge is 0.481 e. The van der Waals surface area contributed by atoms with Gasteiger partial charge in [0.15, 0.2) is 5.78 Å². The molecule has 7 heteroatoms. The molecule has 4 aliphatic carbocycles. The number of ketones is 3. The van der Waals surface area contributed by atoms with Crippen LogP contribution in [0.2, 0.25) is 0 Å². The van der Waals surface area contributed by atoms with E-state index in [4.69, 9.17) is 0 Å². The van der Waals surface area contributed by atoms with Gasteiger partial charge in [-0.15, -0.1) is 0 Å². The van der Waals surface area contributed by atoms with Crippen LogP contribution >= 0.6 is 0 Å². The van der Waals surface area contributed by atoms with Crippen LogP contribution in [0, 0.1) is 45.3 Å². The number of carboxylic acids is 1. The molecular formula is C30H44O7. The number of aliphatic hydroxyl groups excluding tert-OH is 2. The second-order valence-corrected chi connectivity index (χ2v) is 13.9. The fourth-order valence-electron chi connectivity index (χ4n) is 9.12. The van der Waals surface area contributed by atoms with Crippen molar-refractivity contribution in [3.05, 3.63) is 11.1 Å². The minimum Gasteiger partial charge on any atom is -0.481 e. The number of rotatable bonds is 6. The quantitative estimate of drug-likeness (QED) is 0.484. The van der Waals surface area contributed by atoms with Crippen LogP contribution in [0.15, 0.2) is 11.1 Å². The van der Waals surface area contributed by atoms with E-state index in [2.05, 4.69) is 6.92 Å². The SMILES string of the molecule is C[C@H](CC(=O)C[C@@H](C)[C@H]1CC(=O)[C@@]2(C)C3=C(C(=O)C[C@]12C)[C@@]1(C)CC[C@H](O)C(C)(C)C1C[C@@H]3O)C(=O)O.